The lowest BCUT2D eigenvalue weighted by molar-refractivity contribution is -0.117. The van der Waals surface area contributed by atoms with Gasteiger partial charge in [0.25, 0.3) is 11.8 Å². The van der Waals surface area contributed by atoms with Crippen LogP contribution in [-0.4, -0.2) is 25.5 Å². The highest BCUT2D eigenvalue weighted by Crippen LogP contribution is 2.37. The molecule has 0 spiro atoms. The summed E-state index contributed by atoms with van der Waals surface area (Å²) in [6.45, 7) is 3.89. The summed E-state index contributed by atoms with van der Waals surface area (Å²) in [7, 11) is 1.52. The number of anilines is 1. The topological polar surface area (TPSA) is 67.9 Å². The van der Waals surface area contributed by atoms with Crippen molar-refractivity contribution in [2.75, 3.05) is 18.7 Å². The van der Waals surface area contributed by atoms with E-state index in [2.05, 4.69) is 27.9 Å². The zero-order valence-corrected chi connectivity index (χ0v) is 16.2. The highest BCUT2D eigenvalue weighted by Gasteiger charge is 2.34. The van der Waals surface area contributed by atoms with E-state index >= 15 is 0 Å². The normalized spacial score (nSPS) is 15.0. The van der Waals surface area contributed by atoms with Gasteiger partial charge in [-0.05, 0) is 30.3 Å². The van der Waals surface area contributed by atoms with Crippen LogP contribution in [0.1, 0.15) is 5.56 Å². The Balaban J connectivity index is 2.03. The number of carbonyl (C=O) groups is 2. The lowest BCUT2D eigenvalue weighted by Crippen LogP contribution is -2.35. The standard InChI is InChI=1S/C20H17BrN2O4/c1-3-9-27-18-13(10-14(21)12-17(18)26-2)11-16-19(24)22-23(20(16)25)15-7-5-4-6-8-15/h3-8,10-12H,1,9H2,2H3,(H,22,24)/b16-11-. The Morgan fingerprint density at radius 1 is 1.22 bits per heavy atom. The predicted molar refractivity (Wildman–Crippen MR) is 106 cm³/mol. The van der Waals surface area contributed by atoms with E-state index in [1.165, 1.54) is 18.2 Å². The summed E-state index contributed by atoms with van der Waals surface area (Å²) in [6.07, 6.45) is 3.09. The smallest absolute Gasteiger partial charge is 0.282 e. The Bertz CT molecular complexity index is 925. The average molecular weight is 429 g/mol. The summed E-state index contributed by atoms with van der Waals surface area (Å²) in [5.41, 5.74) is 3.69. The first-order chi connectivity index (χ1) is 13.0. The Morgan fingerprint density at radius 2 is 1.96 bits per heavy atom. The number of methoxy groups -OCH3 is 1. The van der Waals surface area contributed by atoms with Gasteiger partial charge >= 0.3 is 0 Å². The number of halogens is 1. The number of nitrogens with zero attached hydrogens (tertiary/aromatic N) is 1. The second-order valence-electron chi connectivity index (χ2n) is 5.60. The van der Waals surface area contributed by atoms with Crippen molar-refractivity contribution in [3.05, 3.63) is 70.7 Å². The fourth-order valence-corrected chi connectivity index (χ4v) is 3.07. The first-order valence-electron chi connectivity index (χ1n) is 8.08. The molecule has 0 bridgehead atoms. The molecule has 1 aliphatic heterocycles. The molecule has 3 rings (SSSR count). The Kier molecular flexibility index (Phi) is 5.61. The molecule has 0 aromatic heterocycles. The van der Waals surface area contributed by atoms with Crippen molar-refractivity contribution < 1.29 is 19.1 Å². The fraction of sp³-hybridized carbons (Fsp3) is 0.100. The summed E-state index contributed by atoms with van der Waals surface area (Å²) < 4.78 is 11.8. The Hall–Kier alpha value is -3.06. The first-order valence-corrected chi connectivity index (χ1v) is 8.88. The van der Waals surface area contributed by atoms with Gasteiger partial charge in [-0.3, -0.25) is 15.0 Å². The number of rotatable bonds is 6. The molecule has 1 aliphatic rings. The molecule has 138 valence electrons. The van der Waals surface area contributed by atoms with Crippen molar-refractivity contribution >= 4 is 39.5 Å². The average Bonchev–Trinajstić information content (AvgIpc) is 2.95. The maximum Gasteiger partial charge on any atom is 0.282 e. The molecular weight excluding hydrogens is 412 g/mol. The number of amides is 2. The van der Waals surface area contributed by atoms with Gasteiger partial charge in [-0.25, -0.2) is 5.01 Å². The Morgan fingerprint density at radius 3 is 2.63 bits per heavy atom. The summed E-state index contributed by atoms with van der Waals surface area (Å²) >= 11 is 3.40. The molecule has 0 aliphatic carbocycles. The summed E-state index contributed by atoms with van der Waals surface area (Å²) in [6, 6.07) is 12.4. The van der Waals surface area contributed by atoms with E-state index in [0.717, 1.165) is 4.47 Å². The van der Waals surface area contributed by atoms with Crippen LogP contribution in [0.25, 0.3) is 6.08 Å². The summed E-state index contributed by atoms with van der Waals surface area (Å²) in [5, 5.41) is 1.22. The summed E-state index contributed by atoms with van der Waals surface area (Å²) in [4.78, 5) is 25.2. The SMILES string of the molecule is C=CCOc1c(/C=C2/C(=O)NN(c3ccccc3)C2=O)cc(Br)cc1OC. The molecular formula is C20H17BrN2O4. The number of ether oxygens (including phenoxy) is 2. The largest absolute Gasteiger partial charge is 0.493 e. The highest BCUT2D eigenvalue weighted by atomic mass is 79.9. The van der Waals surface area contributed by atoms with Crippen LogP contribution >= 0.6 is 15.9 Å². The van der Waals surface area contributed by atoms with Crippen molar-refractivity contribution in [3.8, 4) is 11.5 Å². The maximum absolute atomic E-state index is 12.8. The number of nitrogens with one attached hydrogen (secondary N) is 1. The molecule has 2 amide bonds. The molecule has 0 unspecified atom stereocenters. The number of para-hydroxylation sites is 1. The minimum atomic E-state index is -0.488. The van der Waals surface area contributed by atoms with Gasteiger partial charge in [-0.1, -0.05) is 46.8 Å². The van der Waals surface area contributed by atoms with Crippen molar-refractivity contribution in [1.82, 2.24) is 5.43 Å². The van der Waals surface area contributed by atoms with E-state index in [1.807, 2.05) is 6.07 Å². The monoisotopic (exact) mass is 428 g/mol. The molecule has 2 aromatic rings. The molecule has 1 fully saturated rings. The van der Waals surface area contributed by atoms with Crippen LogP contribution in [0, 0.1) is 0 Å². The van der Waals surface area contributed by atoms with Crippen LogP contribution in [0.5, 0.6) is 11.5 Å². The van der Waals surface area contributed by atoms with Gasteiger partial charge in [0.15, 0.2) is 11.5 Å². The zero-order valence-electron chi connectivity index (χ0n) is 14.6. The third kappa shape index (κ3) is 3.88. The second-order valence-corrected chi connectivity index (χ2v) is 6.52. The van der Waals surface area contributed by atoms with E-state index in [0.29, 0.717) is 22.7 Å². The first kappa shape index (κ1) is 18.7. The van der Waals surface area contributed by atoms with Crippen LogP contribution in [0.15, 0.2) is 65.2 Å². The van der Waals surface area contributed by atoms with Crippen molar-refractivity contribution in [2.45, 2.75) is 0 Å². The zero-order chi connectivity index (χ0) is 19.4. The number of hydrazine groups is 1. The molecule has 6 nitrogen and oxygen atoms in total. The van der Waals surface area contributed by atoms with Crippen LogP contribution < -0.4 is 19.9 Å². The maximum atomic E-state index is 12.8. The van der Waals surface area contributed by atoms with Gasteiger partial charge < -0.3 is 9.47 Å². The van der Waals surface area contributed by atoms with E-state index in [-0.39, 0.29) is 12.2 Å². The van der Waals surface area contributed by atoms with Gasteiger partial charge in [-0.15, -0.1) is 0 Å². The minimum absolute atomic E-state index is 0.00228. The van der Waals surface area contributed by atoms with Gasteiger partial charge in [0.1, 0.15) is 12.2 Å². The van der Waals surface area contributed by atoms with Crippen molar-refractivity contribution in [1.29, 1.82) is 0 Å². The molecule has 2 aromatic carbocycles. The van der Waals surface area contributed by atoms with E-state index < -0.39 is 11.8 Å². The summed E-state index contributed by atoms with van der Waals surface area (Å²) in [5.74, 6) is -0.0343. The molecule has 0 radical (unpaired) electrons. The number of hydrogen-bond acceptors (Lipinski definition) is 4. The number of carbonyl (C=O) groups excluding carboxylic acids is 2. The van der Waals surface area contributed by atoms with Gasteiger partial charge in [0.05, 0.1) is 12.8 Å². The van der Waals surface area contributed by atoms with Crippen molar-refractivity contribution in [2.24, 2.45) is 0 Å². The molecule has 1 N–H and O–H groups in total. The highest BCUT2D eigenvalue weighted by molar-refractivity contribution is 9.10. The molecule has 0 saturated carbocycles. The third-order valence-electron chi connectivity index (χ3n) is 3.82. The van der Waals surface area contributed by atoms with Crippen LogP contribution in [0.4, 0.5) is 5.69 Å². The molecule has 1 heterocycles. The van der Waals surface area contributed by atoms with Gasteiger partial charge in [-0.2, -0.15) is 0 Å². The van der Waals surface area contributed by atoms with E-state index in [9.17, 15) is 9.59 Å². The van der Waals surface area contributed by atoms with Crippen LogP contribution in [-0.2, 0) is 9.59 Å². The molecule has 7 heteroatoms. The minimum Gasteiger partial charge on any atom is -0.493 e. The fourth-order valence-electron chi connectivity index (χ4n) is 2.62. The van der Waals surface area contributed by atoms with Crippen molar-refractivity contribution in [3.63, 3.8) is 0 Å². The number of hydrogen-bond donors (Lipinski definition) is 1. The molecule has 0 atom stereocenters. The molecule has 27 heavy (non-hydrogen) atoms. The third-order valence-corrected chi connectivity index (χ3v) is 4.28. The second kappa shape index (κ2) is 8.09. The predicted octanol–water partition coefficient (Wildman–Crippen LogP) is 3.48. The van der Waals surface area contributed by atoms with E-state index in [1.54, 1.807) is 42.5 Å². The van der Waals surface area contributed by atoms with Crippen LogP contribution in [0.3, 0.4) is 0 Å². The molecule has 1 saturated heterocycles. The lowest BCUT2D eigenvalue weighted by Gasteiger charge is -2.14. The number of benzene rings is 2. The quantitative estimate of drug-likeness (QED) is 0.434. The van der Waals surface area contributed by atoms with Gasteiger partial charge in [0.2, 0.25) is 0 Å². The Labute approximate surface area is 165 Å². The van der Waals surface area contributed by atoms with E-state index in [4.69, 9.17) is 9.47 Å². The van der Waals surface area contributed by atoms with Crippen LogP contribution in [0.2, 0.25) is 0 Å². The lowest BCUT2D eigenvalue weighted by atomic mass is 10.1. The van der Waals surface area contributed by atoms with Gasteiger partial charge in [0, 0.05) is 10.0 Å².